The molecule has 0 amide bonds. The Morgan fingerprint density at radius 2 is 1.43 bits per heavy atom. The Morgan fingerprint density at radius 3 is 2.05 bits per heavy atom. The molecule has 0 atom stereocenters. The van der Waals surface area contributed by atoms with E-state index in [1.54, 1.807) is 18.5 Å². The highest BCUT2D eigenvalue weighted by Crippen LogP contribution is 2.27. The second-order valence-electron chi connectivity index (χ2n) is 4.83. The summed E-state index contributed by atoms with van der Waals surface area (Å²) in [7, 11) is 0. The SMILES string of the molecule is Cc1cnc(-c2ccc(-c3ccc(F)c(O)c3)cc2)nc1. The molecule has 0 saturated heterocycles. The number of hydrogen-bond acceptors (Lipinski definition) is 3. The van der Waals surface area contributed by atoms with Crippen LogP contribution in [0, 0.1) is 12.7 Å². The topological polar surface area (TPSA) is 46.0 Å². The molecule has 104 valence electrons. The Kier molecular flexibility index (Phi) is 3.36. The number of halogens is 1. The molecule has 0 saturated carbocycles. The molecule has 1 heterocycles. The first kappa shape index (κ1) is 13.2. The molecule has 3 rings (SSSR count). The van der Waals surface area contributed by atoms with Crippen LogP contribution in [0.15, 0.2) is 54.9 Å². The summed E-state index contributed by atoms with van der Waals surface area (Å²) < 4.78 is 13.1. The van der Waals surface area contributed by atoms with Crippen molar-refractivity contribution in [2.45, 2.75) is 6.92 Å². The second-order valence-corrected chi connectivity index (χ2v) is 4.83. The third-order valence-electron chi connectivity index (χ3n) is 3.20. The maximum absolute atomic E-state index is 13.1. The van der Waals surface area contributed by atoms with Crippen molar-refractivity contribution in [2.24, 2.45) is 0 Å². The van der Waals surface area contributed by atoms with Gasteiger partial charge in [0.15, 0.2) is 17.4 Å². The lowest BCUT2D eigenvalue weighted by molar-refractivity contribution is 0.433. The largest absolute Gasteiger partial charge is 0.505 e. The van der Waals surface area contributed by atoms with Gasteiger partial charge in [0.2, 0.25) is 0 Å². The van der Waals surface area contributed by atoms with Crippen molar-refractivity contribution in [1.82, 2.24) is 9.97 Å². The van der Waals surface area contributed by atoms with Gasteiger partial charge in [-0.1, -0.05) is 30.3 Å². The predicted octanol–water partition coefficient (Wildman–Crippen LogP) is 3.96. The van der Waals surface area contributed by atoms with Crippen molar-refractivity contribution in [2.75, 3.05) is 0 Å². The Balaban J connectivity index is 1.93. The summed E-state index contributed by atoms with van der Waals surface area (Å²) in [4.78, 5) is 8.55. The quantitative estimate of drug-likeness (QED) is 0.772. The van der Waals surface area contributed by atoms with Crippen molar-refractivity contribution in [3.63, 3.8) is 0 Å². The van der Waals surface area contributed by atoms with Crippen molar-refractivity contribution in [3.8, 4) is 28.3 Å². The molecular weight excluding hydrogens is 267 g/mol. The summed E-state index contributed by atoms with van der Waals surface area (Å²) >= 11 is 0. The fraction of sp³-hybridized carbons (Fsp3) is 0.0588. The normalized spacial score (nSPS) is 10.6. The van der Waals surface area contributed by atoms with Gasteiger partial charge in [-0.2, -0.15) is 0 Å². The summed E-state index contributed by atoms with van der Waals surface area (Å²) in [6, 6.07) is 11.9. The minimum Gasteiger partial charge on any atom is -0.505 e. The third kappa shape index (κ3) is 2.74. The van der Waals surface area contributed by atoms with Crippen LogP contribution >= 0.6 is 0 Å². The average molecular weight is 280 g/mol. The summed E-state index contributed by atoms with van der Waals surface area (Å²) in [5.41, 5.74) is 3.56. The van der Waals surface area contributed by atoms with E-state index in [-0.39, 0.29) is 5.75 Å². The van der Waals surface area contributed by atoms with E-state index >= 15 is 0 Å². The lowest BCUT2D eigenvalue weighted by atomic mass is 10.0. The van der Waals surface area contributed by atoms with Crippen LogP contribution in [0.1, 0.15) is 5.56 Å². The van der Waals surface area contributed by atoms with Crippen molar-refractivity contribution < 1.29 is 9.50 Å². The highest BCUT2D eigenvalue weighted by atomic mass is 19.1. The standard InChI is InChI=1S/C17H13FN2O/c1-11-9-19-17(20-10-11)13-4-2-12(3-5-13)14-6-7-15(18)16(21)8-14/h2-10,21H,1H3. The zero-order valence-electron chi connectivity index (χ0n) is 11.4. The summed E-state index contributed by atoms with van der Waals surface area (Å²) in [5, 5.41) is 9.42. The molecule has 0 aliphatic rings. The van der Waals surface area contributed by atoms with Gasteiger partial charge in [-0.3, -0.25) is 0 Å². The van der Waals surface area contributed by atoms with E-state index in [1.165, 1.54) is 12.1 Å². The molecular formula is C17H13FN2O. The average Bonchev–Trinajstić information content (AvgIpc) is 2.51. The van der Waals surface area contributed by atoms with Gasteiger partial charge < -0.3 is 5.11 Å². The number of hydrogen-bond donors (Lipinski definition) is 1. The van der Waals surface area contributed by atoms with Crippen LogP contribution in [0.5, 0.6) is 5.75 Å². The molecule has 3 aromatic rings. The van der Waals surface area contributed by atoms with Gasteiger partial charge >= 0.3 is 0 Å². The Morgan fingerprint density at radius 1 is 0.857 bits per heavy atom. The highest BCUT2D eigenvalue weighted by Gasteiger charge is 2.05. The molecule has 0 aliphatic heterocycles. The molecule has 21 heavy (non-hydrogen) atoms. The molecule has 0 fully saturated rings. The number of aromatic hydroxyl groups is 1. The molecule has 0 aliphatic carbocycles. The zero-order valence-corrected chi connectivity index (χ0v) is 11.4. The predicted molar refractivity (Wildman–Crippen MR) is 79.3 cm³/mol. The van der Waals surface area contributed by atoms with E-state index in [2.05, 4.69) is 9.97 Å². The van der Waals surface area contributed by atoms with Crippen molar-refractivity contribution in [1.29, 1.82) is 0 Å². The number of phenolic OH excluding ortho intramolecular Hbond substituents is 1. The van der Waals surface area contributed by atoms with Gasteiger partial charge in [-0.15, -0.1) is 0 Å². The Bertz CT molecular complexity index is 768. The van der Waals surface area contributed by atoms with Crippen LogP contribution in [0.4, 0.5) is 4.39 Å². The maximum Gasteiger partial charge on any atom is 0.164 e. The summed E-state index contributed by atoms with van der Waals surface area (Å²) in [5.74, 6) is -0.309. The van der Waals surface area contributed by atoms with Crippen LogP contribution < -0.4 is 0 Å². The maximum atomic E-state index is 13.1. The smallest absolute Gasteiger partial charge is 0.164 e. The van der Waals surface area contributed by atoms with E-state index in [0.717, 1.165) is 22.3 Å². The molecule has 1 aromatic heterocycles. The lowest BCUT2D eigenvalue weighted by Gasteiger charge is -2.05. The highest BCUT2D eigenvalue weighted by molar-refractivity contribution is 5.68. The number of aryl methyl sites for hydroxylation is 1. The molecule has 1 N–H and O–H groups in total. The van der Waals surface area contributed by atoms with Gasteiger partial charge in [0, 0.05) is 18.0 Å². The van der Waals surface area contributed by atoms with Crippen LogP contribution in [-0.2, 0) is 0 Å². The van der Waals surface area contributed by atoms with Gasteiger partial charge in [-0.25, -0.2) is 14.4 Å². The molecule has 0 unspecified atom stereocenters. The number of phenols is 1. The van der Waals surface area contributed by atoms with E-state index < -0.39 is 5.82 Å². The minimum absolute atomic E-state index is 0.349. The fourth-order valence-electron chi connectivity index (χ4n) is 2.05. The van der Waals surface area contributed by atoms with Crippen LogP contribution in [-0.4, -0.2) is 15.1 Å². The summed E-state index contributed by atoms with van der Waals surface area (Å²) in [6.07, 6.45) is 3.54. The van der Waals surface area contributed by atoms with Crippen LogP contribution in [0.2, 0.25) is 0 Å². The molecule has 2 aromatic carbocycles. The van der Waals surface area contributed by atoms with Gasteiger partial charge in [0.1, 0.15) is 0 Å². The number of rotatable bonds is 2. The molecule has 0 bridgehead atoms. The summed E-state index contributed by atoms with van der Waals surface area (Å²) in [6.45, 7) is 1.94. The second kappa shape index (κ2) is 5.32. The van der Waals surface area contributed by atoms with Gasteiger partial charge in [0.25, 0.3) is 0 Å². The monoisotopic (exact) mass is 280 g/mol. The first-order chi connectivity index (χ1) is 10.1. The third-order valence-corrected chi connectivity index (χ3v) is 3.20. The fourth-order valence-corrected chi connectivity index (χ4v) is 2.05. The van der Waals surface area contributed by atoms with Gasteiger partial charge in [0.05, 0.1) is 0 Å². The number of benzene rings is 2. The Labute approximate surface area is 121 Å². The van der Waals surface area contributed by atoms with E-state index in [1.807, 2.05) is 31.2 Å². The number of aromatic nitrogens is 2. The zero-order chi connectivity index (χ0) is 14.8. The van der Waals surface area contributed by atoms with E-state index in [0.29, 0.717) is 5.82 Å². The van der Waals surface area contributed by atoms with Crippen LogP contribution in [0.25, 0.3) is 22.5 Å². The van der Waals surface area contributed by atoms with E-state index in [4.69, 9.17) is 0 Å². The molecule has 0 spiro atoms. The first-order valence-corrected chi connectivity index (χ1v) is 6.51. The molecule has 4 heteroatoms. The Hall–Kier alpha value is -2.75. The minimum atomic E-state index is -0.622. The van der Waals surface area contributed by atoms with Crippen molar-refractivity contribution in [3.05, 3.63) is 66.2 Å². The van der Waals surface area contributed by atoms with Crippen LogP contribution in [0.3, 0.4) is 0 Å². The van der Waals surface area contributed by atoms with Gasteiger partial charge in [-0.05, 0) is 35.7 Å². The number of nitrogens with zero attached hydrogens (tertiary/aromatic N) is 2. The lowest BCUT2D eigenvalue weighted by Crippen LogP contribution is -1.89. The van der Waals surface area contributed by atoms with Crippen molar-refractivity contribution >= 4 is 0 Å². The molecule has 3 nitrogen and oxygen atoms in total. The van der Waals surface area contributed by atoms with E-state index in [9.17, 15) is 9.50 Å². The first-order valence-electron chi connectivity index (χ1n) is 6.51. The molecule has 0 radical (unpaired) electrons.